The maximum atomic E-state index is 13.1. The fourth-order valence-electron chi connectivity index (χ4n) is 3.80. The Morgan fingerprint density at radius 1 is 1.06 bits per heavy atom. The second-order valence-electron chi connectivity index (χ2n) is 8.50. The Labute approximate surface area is 204 Å². The molecular weight excluding hydrogens is 470 g/mol. The van der Waals surface area contributed by atoms with Crippen molar-refractivity contribution < 1.29 is 27.5 Å². The van der Waals surface area contributed by atoms with E-state index in [0.29, 0.717) is 41.1 Å². The van der Waals surface area contributed by atoms with E-state index in [0.717, 1.165) is 0 Å². The number of anilines is 1. The zero-order valence-electron chi connectivity index (χ0n) is 19.8. The summed E-state index contributed by atoms with van der Waals surface area (Å²) in [6.07, 6.45) is -0.269. The summed E-state index contributed by atoms with van der Waals surface area (Å²) >= 11 is 0. The number of morpholine rings is 1. The highest BCUT2D eigenvalue weighted by Gasteiger charge is 2.27. The van der Waals surface area contributed by atoms with Crippen molar-refractivity contribution in [1.29, 1.82) is 0 Å². The van der Waals surface area contributed by atoms with Crippen LogP contribution in [0, 0.1) is 6.92 Å². The van der Waals surface area contributed by atoms with E-state index in [1.807, 2.05) is 0 Å². The van der Waals surface area contributed by atoms with Crippen LogP contribution in [0.15, 0.2) is 53.4 Å². The third kappa shape index (κ3) is 5.50. The molecule has 0 saturated carbocycles. The zero-order valence-corrected chi connectivity index (χ0v) is 20.6. The summed E-state index contributed by atoms with van der Waals surface area (Å²) in [5.41, 5.74) is 2.26. The Balaban J connectivity index is 1.64. The molecule has 2 aromatic carbocycles. The molecule has 2 heterocycles. The van der Waals surface area contributed by atoms with Crippen molar-refractivity contribution in [1.82, 2.24) is 9.29 Å². The molecule has 0 aliphatic carbocycles. The molecular formula is C25H27N3O6S. The maximum Gasteiger partial charge on any atom is 0.338 e. The summed E-state index contributed by atoms with van der Waals surface area (Å²) in [7, 11) is -3.75. The van der Waals surface area contributed by atoms with Gasteiger partial charge >= 0.3 is 5.97 Å². The molecule has 9 nitrogen and oxygen atoms in total. The Hall–Kier alpha value is -3.34. The number of aromatic nitrogens is 1. The van der Waals surface area contributed by atoms with E-state index in [2.05, 4.69) is 10.3 Å². The monoisotopic (exact) mass is 497 g/mol. The maximum absolute atomic E-state index is 13.1. The molecule has 35 heavy (non-hydrogen) atoms. The first-order valence-corrected chi connectivity index (χ1v) is 12.7. The first-order chi connectivity index (χ1) is 16.6. The van der Waals surface area contributed by atoms with Crippen molar-refractivity contribution >= 4 is 38.5 Å². The first kappa shape index (κ1) is 24.8. The summed E-state index contributed by atoms with van der Waals surface area (Å²) in [5, 5.41) is 3.42. The van der Waals surface area contributed by atoms with Crippen LogP contribution in [0.2, 0.25) is 0 Å². The van der Waals surface area contributed by atoms with Crippen LogP contribution in [0.3, 0.4) is 0 Å². The highest BCUT2D eigenvalue weighted by Crippen LogP contribution is 2.26. The average Bonchev–Trinajstić information content (AvgIpc) is 2.84. The number of aryl methyl sites for hydroxylation is 1. The smallest absolute Gasteiger partial charge is 0.338 e. The van der Waals surface area contributed by atoms with E-state index in [1.54, 1.807) is 51.1 Å². The van der Waals surface area contributed by atoms with Crippen LogP contribution in [-0.2, 0) is 19.5 Å². The fraction of sp³-hybridized carbons (Fsp3) is 0.320. The van der Waals surface area contributed by atoms with E-state index < -0.39 is 21.9 Å². The highest BCUT2D eigenvalue weighted by molar-refractivity contribution is 7.89. The van der Waals surface area contributed by atoms with Crippen molar-refractivity contribution in [3.63, 3.8) is 0 Å². The number of amides is 1. The Morgan fingerprint density at radius 3 is 2.51 bits per heavy atom. The number of carbonyl (C=O) groups is 2. The number of carbonyl (C=O) groups excluding carboxylic acids is 2. The van der Waals surface area contributed by atoms with Gasteiger partial charge in [0.25, 0.3) is 5.91 Å². The summed E-state index contributed by atoms with van der Waals surface area (Å²) < 4.78 is 37.9. The van der Waals surface area contributed by atoms with Crippen LogP contribution in [0.1, 0.15) is 40.3 Å². The van der Waals surface area contributed by atoms with Crippen LogP contribution in [0.5, 0.6) is 0 Å². The zero-order chi connectivity index (χ0) is 25.2. The second kappa shape index (κ2) is 10.1. The molecule has 1 amide bonds. The molecule has 0 spiro atoms. The molecule has 10 heteroatoms. The van der Waals surface area contributed by atoms with Gasteiger partial charge in [0.1, 0.15) is 0 Å². The molecule has 1 fully saturated rings. The number of nitrogens with zero attached hydrogens (tertiary/aromatic N) is 2. The van der Waals surface area contributed by atoms with Gasteiger partial charge in [0.05, 0.1) is 41.0 Å². The predicted molar refractivity (Wildman–Crippen MR) is 131 cm³/mol. The minimum atomic E-state index is -3.75. The molecule has 0 radical (unpaired) electrons. The topological polar surface area (TPSA) is 115 Å². The average molecular weight is 498 g/mol. The number of hydrogen-bond acceptors (Lipinski definition) is 7. The van der Waals surface area contributed by atoms with E-state index in [-0.39, 0.29) is 29.7 Å². The minimum absolute atomic E-state index is 0.0431. The van der Waals surface area contributed by atoms with Crippen molar-refractivity contribution in [2.24, 2.45) is 0 Å². The van der Waals surface area contributed by atoms with Gasteiger partial charge in [-0.1, -0.05) is 6.07 Å². The predicted octanol–water partition coefficient (Wildman–Crippen LogP) is 3.38. The van der Waals surface area contributed by atoms with Crippen LogP contribution < -0.4 is 5.32 Å². The standard InChI is InChI=1S/C25H27N3O6S/c1-16(2)34-25(30)19-7-8-22-21(15-19)23(13-17(3)26-22)27-24(29)18-5-4-6-20(14-18)35(31,32)28-9-11-33-12-10-28/h4-8,13-16H,9-12H2,1-3H3,(H,26,27,29). The lowest BCUT2D eigenvalue weighted by molar-refractivity contribution is 0.0378. The molecule has 3 aromatic rings. The van der Waals surface area contributed by atoms with Crippen LogP contribution >= 0.6 is 0 Å². The van der Waals surface area contributed by atoms with Gasteiger partial charge in [-0.05, 0) is 63.2 Å². The molecule has 4 rings (SSSR count). The normalized spacial score (nSPS) is 14.7. The van der Waals surface area contributed by atoms with E-state index >= 15 is 0 Å². The number of esters is 1. The minimum Gasteiger partial charge on any atom is -0.459 e. The van der Waals surface area contributed by atoms with Gasteiger partial charge in [-0.15, -0.1) is 0 Å². The van der Waals surface area contributed by atoms with Crippen LogP contribution in [0.4, 0.5) is 5.69 Å². The number of pyridine rings is 1. The van der Waals surface area contributed by atoms with E-state index in [9.17, 15) is 18.0 Å². The Morgan fingerprint density at radius 2 is 1.80 bits per heavy atom. The van der Waals surface area contributed by atoms with Gasteiger partial charge in [0, 0.05) is 29.7 Å². The van der Waals surface area contributed by atoms with Gasteiger partial charge in [-0.25, -0.2) is 13.2 Å². The molecule has 0 bridgehead atoms. The lowest BCUT2D eigenvalue weighted by Gasteiger charge is -2.26. The number of fused-ring (bicyclic) bond motifs is 1. The highest BCUT2D eigenvalue weighted by atomic mass is 32.2. The number of hydrogen-bond donors (Lipinski definition) is 1. The summed E-state index contributed by atoms with van der Waals surface area (Å²) in [6, 6.07) is 12.6. The summed E-state index contributed by atoms with van der Waals surface area (Å²) in [5.74, 6) is -0.952. The Kier molecular flexibility index (Phi) is 7.15. The van der Waals surface area contributed by atoms with Crippen molar-refractivity contribution in [3.8, 4) is 0 Å². The number of benzene rings is 2. The molecule has 1 aromatic heterocycles. The molecule has 1 saturated heterocycles. The summed E-state index contributed by atoms with van der Waals surface area (Å²) in [6.45, 7) is 6.53. The quantitative estimate of drug-likeness (QED) is 0.519. The van der Waals surface area contributed by atoms with Crippen molar-refractivity contribution in [2.75, 3.05) is 31.6 Å². The third-order valence-electron chi connectivity index (χ3n) is 5.47. The number of ether oxygens (including phenoxy) is 2. The van der Waals surface area contributed by atoms with Crippen molar-refractivity contribution in [3.05, 3.63) is 65.4 Å². The molecule has 0 atom stereocenters. The third-order valence-corrected chi connectivity index (χ3v) is 7.36. The number of rotatable bonds is 6. The van der Waals surface area contributed by atoms with Gasteiger partial charge in [0.15, 0.2) is 0 Å². The largest absolute Gasteiger partial charge is 0.459 e. The van der Waals surface area contributed by atoms with Crippen LogP contribution in [0.25, 0.3) is 10.9 Å². The van der Waals surface area contributed by atoms with Gasteiger partial charge in [0.2, 0.25) is 10.0 Å². The summed E-state index contributed by atoms with van der Waals surface area (Å²) in [4.78, 5) is 30.0. The van der Waals surface area contributed by atoms with Crippen molar-refractivity contribution in [2.45, 2.75) is 31.8 Å². The lowest BCUT2D eigenvalue weighted by Crippen LogP contribution is -2.40. The SMILES string of the molecule is Cc1cc(NC(=O)c2cccc(S(=O)(=O)N3CCOCC3)c2)c2cc(C(=O)OC(C)C)ccc2n1. The first-order valence-electron chi connectivity index (χ1n) is 11.3. The van der Waals surface area contributed by atoms with Gasteiger partial charge < -0.3 is 14.8 Å². The van der Waals surface area contributed by atoms with Crippen LogP contribution in [-0.4, -0.2) is 62.0 Å². The molecule has 0 unspecified atom stereocenters. The molecule has 184 valence electrons. The second-order valence-corrected chi connectivity index (χ2v) is 10.4. The molecule has 1 aliphatic heterocycles. The molecule has 1 N–H and O–H groups in total. The lowest BCUT2D eigenvalue weighted by atomic mass is 10.1. The number of sulfonamides is 1. The number of nitrogens with one attached hydrogen (secondary N) is 1. The fourth-order valence-corrected chi connectivity index (χ4v) is 5.25. The van der Waals surface area contributed by atoms with E-state index in [1.165, 1.54) is 22.5 Å². The van der Waals surface area contributed by atoms with E-state index in [4.69, 9.17) is 9.47 Å². The van der Waals surface area contributed by atoms with Gasteiger partial charge in [-0.3, -0.25) is 9.78 Å². The van der Waals surface area contributed by atoms with Gasteiger partial charge in [-0.2, -0.15) is 4.31 Å². The Bertz CT molecular complexity index is 1380. The molecule has 1 aliphatic rings.